The number of piperidine rings is 1. The Balaban J connectivity index is 1.55. The number of thiophene rings is 1. The summed E-state index contributed by atoms with van der Waals surface area (Å²) in [5.41, 5.74) is 3.78. The van der Waals surface area contributed by atoms with Gasteiger partial charge < -0.3 is 10.1 Å². The molecule has 5 rings (SSSR count). The second kappa shape index (κ2) is 9.05. The maximum absolute atomic E-state index is 12.1. The Morgan fingerprint density at radius 1 is 1.21 bits per heavy atom. The van der Waals surface area contributed by atoms with Gasteiger partial charge in [-0.3, -0.25) is 19.5 Å². The van der Waals surface area contributed by atoms with E-state index >= 15 is 0 Å². The summed E-state index contributed by atoms with van der Waals surface area (Å²) >= 11 is 8.05. The zero-order valence-corrected chi connectivity index (χ0v) is 20.3. The number of carbonyl (C=O) groups is 2. The van der Waals surface area contributed by atoms with E-state index in [1.54, 1.807) is 17.5 Å². The van der Waals surface area contributed by atoms with Crippen LogP contribution < -0.4 is 10.1 Å². The molecule has 0 aliphatic carbocycles. The van der Waals surface area contributed by atoms with Gasteiger partial charge in [0.1, 0.15) is 11.9 Å². The average Bonchev–Trinajstić information content (AvgIpc) is 3.34. The van der Waals surface area contributed by atoms with Crippen LogP contribution in [0.5, 0.6) is 5.75 Å². The van der Waals surface area contributed by atoms with Crippen LogP contribution in [0.15, 0.2) is 30.5 Å². The van der Waals surface area contributed by atoms with Crippen molar-refractivity contribution in [2.24, 2.45) is 5.92 Å². The largest absolute Gasteiger partial charge is 0.489 e. The van der Waals surface area contributed by atoms with Gasteiger partial charge in [-0.05, 0) is 49.7 Å². The fraction of sp³-hybridized carbons (Fsp3) is 0.400. The lowest BCUT2D eigenvalue weighted by molar-refractivity contribution is -0.138. The van der Waals surface area contributed by atoms with E-state index in [4.69, 9.17) is 16.3 Å². The molecular weight excluding hydrogens is 458 g/mol. The highest BCUT2D eigenvalue weighted by atomic mass is 35.5. The number of carbonyl (C=O) groups excluding carboxylic acids is 2. The van der Waals surface area contributed by atoms with Crippen LogP contribution in [0.4, 0.5) is 0 Å². The van der Waals surface area contributed by atoms with Crippen LogP contribution in [-0.4, -0.2) is 40.9 Å². The van der Waals surface area contributed by atoms with Crippen LogP contribution in [0.1, 0.15) is 36.6 Å². The molecule has 2 aliphatic rings. The minimum absolute atomic E-state index is 0.108. The Morgan fingerprint density at radius 2 is 2.00 bits per heavy atom. The Morgan fingerprint density at radius 3 is 2.76 bits per heavy atom. The van der Waals surface area contributed by atoms with Gasteiger partial charge in [0.05, 0.1) is 16.8 Å². The molecular formula is C25H26ClN3O3S. The summed E-state index contributed by atoms with van der Waals surface area (Å²) in [5.74, 6) is 1.04. The number of imide groups is 1. The Hall–Kier alpha value is -2.48. The number of hydrogen-bond acceptors (Lipinski definition) is 6. The molecule has 8 heteroatoms. The normalized spacial score (nSPS) is 21.2. The number of halogens is 1. The molecule has 1 aromatic carbocycles. The first-order valence-corrected chi connectivity index (χ1v) is 12.5. The molecule has 2 aromatic heterocycles. The predicted molar refractivity (Wildman–Crippen MR) is 131 cm³/mol. The first-order chi connectivity index (χ1) is 15.9. The van der Waals surface area contributed by atoms with Crippen molar-refractivity contribution in [2.75, 3.05) is 13.1 Å². The molecule has 2 atom stereocenters. The minimum atomic E-state index is -0.108. The number of fused-ring (bicyclic) bond motifs is 1. The SMILES string of the molecule is Cc1cc(Cl)cc(-c2ccnc3cc(CN4C(=O)CCC4=O)sc23)c1O[C@H]1CCNC[C@@H]1C. The summed E-state index contributed by atoms with van der Waals surface area (Å²) in [6.45, 7) is 6.41. The summed E-state index contributed by atoms with van der Waals surface area (Å²) in [7, 11) is 0. The van der Waals surface area contributed by atoms with Gasteiger partial charge in [-0.25, -0.2) is 0 Å². The number of likely N-dealkylation sites (tertiary alicyclic amines) is 1. The molecule has 6 nitrogen and oxygen atoms in total. The van der Waals surface area contributed by atoms with Crippen LogP contribution in [0.2, 0.25) is 5.02 Å². The molecule has 2 amide bonds. The molecule has 0 unspecified atom stereocenters. The maximum Gasteiger partial charge on any atom is 0.230 e. The third-order valence-electron chi connectivity index (χ3n) is 6.44. The van der Waals surface area contributed by atoms with E-state index in [0.717, 1.165) is 57.0 Å². The van der Waals surface area contributed by atoms with Gasteiger partial charge in [0.15, 0.2) is 0 Å². The van der Waals surface area contributed by atoms with Crippen LogP contribution in [0, 0.1) is 12.8 Å². The molecule has 33 heavy (non-hydrogen) atoms. The number of aromatic nitrogens is 1. The predicted octanol–water partition coefficient (Wildman–Crippen LogP) is 4.95. The molecule has 0 saturated carbocycles. The minimum Gasteiger partial charge on any atom is -0.489 e. The molecule has 4 heterocycles. The van der Waals surface area contributed by atoms with Crippen molar-refractivity contribution in [3.05, 3.63) is 45.9 Å². The second-order valence-electron chi connectivity index (χ2n) is 8.88. The van der Waals surface area contributed by atoms with Crippen LogP contribution in [0.25, 0.3) is 21.3 Å². The number of nitrogens with one attached hydrogen (secondary N) is 1. The van der Waals surface area contributed by atoms with Crippen molar-refractivity contribution in [1.29, 1.82) is 0 Å². The Labute approximate surface area is 201 Å². The van der Waals surface area contributed by atoms with Crippen LogP contribution >= 0.6 is 22.9 Å². The van der Waals surface area contributed by atoms with E-state index in [0.29, 0.717) is 30.3 Å². The Bertz CT molecular complexity index is 1230. The lowest BCUT2D eigenvalue weighted by atomic mass is 9.97. The fourth-order valence-corrected chi connectivity index (χ4v) is 6.04. The number of pyridine rings is 1. The molecule has 172 valence electrons. The van der Waals surface area contributed by atoms with Crippen molar-refractivity contribution in [3.8, 4) is 16.9 Å². The summed E-state index contributed by atoms with van der Waals surface area (Å²) in [4.78, 5) is 31.0. The lowest BCUT2D eigenvalue weighted by Gasteiger charge is -2.31. The summed E-state index contributed by atoms with van der Waals surface area (Å²) < 4.78 is 7.62. The molecule has 2 saturated heterocycles. The zero-order chi connectivity index (χ0) is 23.1. The molecule has 1 N–H and O–H groups in total. The smallest absolute Gasteiger partial charge is 0.230 e. The number of benzene rings is 1. The highest BCUT2D eigenvalue weighted by Gasteiger charge is 2.30. The number of aryl methyl sites for hydroxylation is 1. The third kappa shape index (κ3) is 4.37. The van der Waals surface area contributed by atoms with E-state index in [-0.39, 0.29) is 17.9 Å². The fourth-order valence-electron chi connectivity index (χ4n) is 4.64. The van der Waals surface area contributed by atoms with E-state index in [9.17, 15) is 9.59 Å². The Kier molecular flexibility index (Phi) is 6.12. The van der Waals surface area contributed by atoms with Crippen molar-refractivity contribution in [2.45, 2.75) is 45.8 Å². The number of hydrogen-bond donors (Lipinski definition) is 1. The van der Waals surface area contributed by atoms with E-state index < -0.39 is 0 Å². The second-order valence-corrected chi connectivity index (χ2v) is 10.5. The first kappa shape index (κ1) is 22.3. The third-order valence-corrected chi connectivity index (χ3v) is 7.80. The lowest BCUT2D eigenvalue weighted by Crippen LogP contribution is -2.41. The molecule has 3 aromatic rings. The van der Waals surface area contributed by atoms with Crippen molar-refractivity contribution < 1.29 is 14.3 Å². The summed E-state index contributed by atoms with van der Waals surface area (Å²) in [6.07, 6.45) is 3.46. The highest BCUT2D eigenvalue weighted by molar-refractivity contribution is 7.19. The van der Waals surface area contributed by atoms with E-state index in [1.807, 2.05) is 31.2 Å². The van der Waals surface area contributed by atoms with Gasteiger partial charge in [-0.2, -0.15) is 0 Å². The average molecular weight is 484 g/mol. The number of nitrogens with zero attached hydrogens (tertiary/aromatic N) is 2. The summed E-state index contributed by atoms with van der Waals surface area (Å²) in [5, 5.41) is 4.08. The number of ether oxygens (including phenoxy) is 1. The van der Waals surface area contributed by atoms with Crippen molar-refractivity contribution in [1.82, 2.24) is 15.2 Å². The van der Waals surface area contributed by atoms with Gasteiger partial charge in [0, 0.05) is 52.5 Å². The standard InChI is InChI=1S/C25H26ClN3O3S/c1-14-9-16(26)10-19(24(14)32-21-6-7-27-12-15(21)2)18-5-8-28-20-11-17(33-25(18)20)13-29-22(30)3-4-23(29)31/h5,8-11,15,21,27H,3-4,6-7,12-13H2,1-2H3/t15-,21-/m0/s1. The molecule has 0 radical (unpaired) electrons. The highest BCUT2D eigenvalue weighted by Crippen LogP contribution is 2.42. The molecule has 2 fully saturated rings. The summed E-state index contributed by atoms with van der Waals surface area (Å²) in [6, 6.07) is 7.85. The molecule has 0 spiro atoms. The van der Waals surface area contributed by atoms with Crippen molar-refractivity contribution in [3.63, 3.8) is 0 Å². The van der Waals surface area contributed by atoms with E-state index in [1.165, 1.54) is 4.90 Å². The van der Waals surface area contributed by atoms with Gasteiger partial charge in [0.2, 0.25) is 11.8 Å². The van der Waals surface area contributed by atoms with Crippen LogP contribution in [0.3, 0.4) is 0 Å². The monoisotopic (exact) mass is 483 g/mol. The number of amides is 2. The van der Waals surface area contributed by atoms with E-state index in [2.05, 4.69) is 17.2 Å². The van der Waals surface area contributed by atoms with Gasteiger partial charge >= 0.3 is 0 Å². The zero-order valence-electron chi connectivity index (χ0n) is 18.7. The maximum atomic E-state index is 12.1. The molecule has 0 bridgehead atoms. The van der Waals surface area contributed by atoms with Crippen LogP contribution in [-0.2, 0) is 16.1 Å². The van der Waals surface area contributed by atoms with Gasteiger partial charge in [-0.1, -0.05) is 18.5 Å². The van der Waals surface area contributed by atoms with Gasteiger partial charge in [0.25, 0.3) is 0 Å². The number of rotatable bonds is 5. The quantitative estimate of drug-likeness (QED) is 0.520. The molecule has 2 aliphatic heterocycles. The first-order valence-electron chi connectivity index (χ1n) is 11.3. The van der Waals surface area contributed by atoms with Gasteiger partial charge in [-0.15, -0.1) is 11.3 Å². The van der Waals surface area contributed by atoms with Crippen molar-refractivity contribution >= 4 is 45.0 Å². The topological polar surface area (TPSA) is 71.5 Å².